The van der Waals surface area contributed by atoms with Crippen LogP contribution in [0.25, 0.3) is 5.65 Å². The third-order valence-corrected chi connectivity index (χ3v) is 10.1. The van der Waals surface area contributed by atoms with Gasteiger partial charge in [-0.3, -0.25) is 14.5 Å². The maximum Gasteiger partial charge on any atom is 0.253 e. The van der Waals surface area contributed by atoms with Crippen molar-refractivity contribution in [1.29, 1.82) is 0 Å². The zero-order chi connectivity index (χ0) is 34.0. The summed E-state index contributed by atoms with van der Waals surface area (Å²) in [5.74, 6) is 0.510. The van der Waals surface area contributed by atoms with E-state index in [2.05, 4.69) is 33.3 Å². The molecular formula is C38H40ClN7O3. The van der Waals surface area contributed by atoms with Gasteiger partial charge in [-0.15, -0.1) is 0 Å². The van der Waals surface area contributed by atoms with Crippen molar-refractivity contribution in [2.45, 2.75) is 37.5 Å². The van der Waals surface area contributed by atoms with Gasteiger partial charge in [0.15, 0.2) is 11.5 Å². The lowest BCUT2D eigenvalue weighted by Crippen LogP contribution is -2.59. The van der Waals surface area contributed by atoms with Crippen LogP contribution in [0.4, 0.5) is 5.69 Å². The molecule has 7 rings (SSSR count). The van der Waals surface area contributed by atoms with Gasteiger partial charge in [-0.2, -0.15) is 5.10 Å². The number of rotatable bonds is 8. The molecule has 252 valence electrons. The van der Waals surface area contributed by atoms with Crippen LogP contribution in [0.5, 0.6) is 0 Å². The minimum Gasteiger partial charge on any atom is -0.385 e. The third kappa shape index (κ3) is 7.03. The number of piperazine rings is 1. The summed E-state index contributed by atoms with van der Waals surface area (Å²) in [6.45, 7) is 3.51. The number of hydrogen-bond acceptors (Lipinski definition) is 7. The number of anilines is 1. The number of hydrogen-bond donors (Lipinski definition) is 2. The zero-order valence-corrected chi connectivity index (χ0v) is 28.3. The molecule has 2 fully saturated rings. The summed E-state index contributed by atoms with van der Waals surface area (Å²) < 4.78 is 1.81. The third-order valence-electron chi connectivity index (χ3n) is 9.82. The molecule has 1 unspecified atom stereocenters. The van der Waals surface area contributed by atoms with Crippen LogP contribution in [0.15, 0.2) is 97.2 Å². The van der Waals surface area contributed by atoms with E-state index in [1.54, 1.807) is 11.9 Å². The van der Waals surface area contributed by atoms with Crippen LogP contribution in [-0.2, 0) is 23.4 Å². The number of carbonyl (C=O) groups is 2. The maximum absolute atomic E-state index is 13.6. The molecule has 0 aliphatic carbocycles. The summed E-state index contributed by atoms with van der Waals surface area (Å²) in [5.41, 5.74) is 4.49. The van der Waals surface area contributed by atoms with E-state index >= 15 is 0 Å². The SMILES string of the molecule is CNC(=O)C1CN(C(=O)c2ccc(Cc3nc4c(N5CCC(O)(c6ccc(Cl)cc6)CC5)cccn4n3)cc2)CCN1Cc1ccccc1. The fourth-order valence-corrected chi connectivity index (χ4v) is 7.11. The summed E-state index contributed by atoms with van der Waals surface area (Å²) in [7, 11) is 1.64. The van der Waals surface area contributed by atoms with Gasteiger partial charge in [0.05, 0.1) is 11.3 Å². The van der Waals surface area contributed by atoms with Crippen molar-refractivity contribution >= 4 is 34.7 Å². The Morgan fingerprint density at radius 1 is 0.898 bits per heavy atom. The largest absolute Gasteiger partial charge is 0.385 e. The Bertz CT molecular complexity index is 1920. The minimum atomic E-state index is -0.888. The fourth-order valence-electron chi connectivity index (χ4n) is 6.98. The molecule has 11 heteroatoms. The number of amides is 2. The Morgan fingerprint density at radius 3 is 2.35 bits per heavy atom. The van der Waals surface area contributed by atoms with Gasteiger partial charge in [-0.25, -0.2) is 9.50 Å². The number of aliphatic hydroxyl groups is 1. The van der Waals surface area contributed by atoms with Gasteiger partial charge in [0.1, 0.15) is 6.04 Å². The molecule has 0 saturated carbocycles. The number of nitrogens with one attached hydrogen (secondary N) is 1. The molecule has 2 amide bonds. The first kappa shape index (κ1) is 32.8. The van der Waals surface area contributed by atoms with Gasteiger partial charge < -0.3 is 20.2 Å². The van der Waals surface area contributed by atoms with E-state index in [1.165, 1.54) is 0 Å². The Hall–Kier alpha value is -4.77. The van der Waals surface area contributed by atoms with Gasteiger partial charge >= 0.3 is 0 Å². The standard InChI is InChI=1S/C38H40ClN7O3/c1-40-36(47)33-26-45(23-22-44(33)25-28-6-3-2-4-7-28)37(48)29-11-9-27(10-12-29)24-34-41-35-32(8-5-19-46(35)42-34)43-20-17-38(49,18-21-43)30-13-15-31(39)16-14-30/h2-16,19,33,49H,17-18,20-26H2,1H3,(H,40,47). The number of likely N-dealkylation sites (N-methyl/N-ethyl adjacent to an activating group) is 1. The molecule has 5 aromatic rings. The van der Waals surface area contributed by atoms with E-state index in [4.69, 9.17) is 21.7 Å². The summed E-state index contributed by atoms with van der Waals surface area (Å²) in [4.78, 5) is 37.5. The number of halogens is 1. The molecule has 2 N–H and O–H groups in total. The van der Waals surface area contributed by atoms with Crippen molar-refractivity contribution in [3.63, 3.8) is 0 Å². The molecular weight excluding hydrogens is 638 g/mol. The number of pyridine rings is 1. The van der Waals surface area contributed by atoms with E-state index < -0.39 is 11.6 Å². The highest BCUT2D eigenvalue weighted by Crippen LogP contribution is 2.36. The van der Waals surface area contributed by atoms with Crippen LogP contribution >= 0.6 is 11.6 Å². The van der Waals surface area contributed by atoms with Crippen molar-refractivity contribution in [2.24, 2.45) is 0 Å². The normalized spacial score (nSPS) is 18.1. The lowest BCUT2D eigenvalue weighted by atomic mass is 9.84. The minimum absolute atomic E-state index is 0.0835. The molecule has 2 aliphatic rings. The Labute approximate surface area is 290 Å². The Balaban J connectivity index is 0.998. The molecule has 0 bridgehead atoms. The van der Waals surface area contributed by atoms with Crippen LogP contribution in [-0.4, -0.2) is 87.1 Å². The zero-order valence-electron chi connectivity index (χ0n) is 27.5. The molecule has 0 radical (unpaired) electrons. The molecule has 3 aromatic carbocycles. The van der Waals surface area contributed by atoms with Crippen LogP contribution in [0, 0.1) is 0 Å². The quantitative estimate of drug-likeness (QED) is 0.249. The molecule has 1 atom stereocenters. The fraction of sp³-hybridized carbons (Fsp3) is 0.316. The monoisotopic (exact) mass is 677 g/mol. The van der Waals surface area contributed by atoms with Crippen molar-refractivity contribution in [3.05, 3.63) is 130 Å². The molecule has 10 nitrogen and oxygen atoms in total. The van der Waals surface area contributed by atoms with Crippen molar-refractivity contribution < 1.29 is 14.7 Å². The summed E-state index contributed by atoms with van der Waals surface area (Å²) >= 11 is 6.06. The highest BCUT2D eigenvalue weighted by molar-refractivity contribution is 6.30. The van der Waals surface area contributed by atoms with Crippen molar-refractivity contribution in [2.75, 3.05) is 44.7 Å². The second-order valence-electron chi connectivity index (χ2n) is 12.9. The first-order valence-corrected chi connectivity index (χ1v) is 17.1. The van der Waals surface area contributed by atoms with Gasteiger partial charge in [0, 0.05) is 69.5 Å². The lowest BCUT2D eigenvalue weighted by molar-refractivity contribution is -0.128. The van der Waals surface area contributed by atoms with Crippen molar-refractivity contribution in [1.82, 2.24) is 29.7 Å². The van der Waals surface area contributed by atoms with Crippen LogP contribution in [0.2, 0.25) is 5.02 Å². The average molecular weight is 678 g/mol. The first-order chi connectivity index (χ1) is 23.8. The van der Waals surface area contributed by atoms with E-state index in [-0.39, 0.29) is 11.8 Å². The van der Waals surface area contributed by atoms with Gasteiger partial charge in [-0.1, -0.05) is 66.2 Å². The number of nitrogens with zero attached hydrogens (tertiary/aromatic N) is 6. The van der Waals surface area contributed by atoms with E-state index in [1.807, 2.05) is 83.5 Å². The summed E-state index contributed by atoms with van der Waals surface area (Å²) in [5, 5.41) is 19.5. The summed E-state index contributed by atoms with van der Waals surface area (Å²) in [6, 6.07) is 28.7. The molecule has 2 aromatic heterocycles. The van der Waals surface area contributed by atoms with E-state index in [9.17, 15) is 14.7 Å². The predicted molar refractivity (Wildman–Crippen MR) is 190 cm³/mol. The maximum atomic E-state index is 13.6. The molecule has 0 spiro atoms. The molecule has 49 heavy (non-hydrogen) atoms. The number of carbonyl (C=O) groups excluding carboxylic acids is 2. The Morgan fingerprint density at radius 2 is 1.63 bits per heavy atom. The second-order valence-corrected chi connectivity index (χ2v) is 13.4. The molecule has 2 aliphatic heterocycles. The predicted octanol–water partition coefficient (Wildman–Crippen LogP) is 4.53. The van der Waals surface area contributed by atoms with E-state index in [0.29, 0.717) is 74.9 Å². The lowest BCUT2D eigenvalue weighted by Gasteiger charge is -2.40. The number of benzene rings is 3. The number of aromatic nitrogens is 3. The second kappa shape index (κ2) is 14.0. The number of fused-ring (bicyclic) bond motifs is 1. The van der Waals surface area contributed by atoms with Crippen molar-refractivity contribution in [3.8, 4) is 0 Å². The molecule has 4 heterocycles. The van der Waals surface area contributed by atoms with Gasteiger partial charge in [-0.05, 0) is 65.9 Å². The smallest absolute Gasteiger partial charge is 0.253 e. The van der Waals surface area contributed by atoms with Gasteiger partial charge in [0.25, 0.3) is 5.91 Å². The Kier molecular flexibility index (Phi) is 9.35. The topological polar surface area (TPSA) is 106 Å². The van der Waals surface area contributed by atoms with E-state index in [0.717, 1.165) is 28.0 Å². The highest BCUT2D eigenvalue weighted by Gasteiger charge is 2.36. The first-order valence-electron chi connectivity index (χ1n) is 16.7. The average Bonchev–Trinajstić information content (AvgIpc) is 3.55. The van der Waals surface area contributed by atoms with Crippen LogP contribution in [0.3, 0.4) is 0 Å². The van der Waals surface area contributed by atoms with Gasteiger partial charge in [0.2, 0.25) is 5.91 Å². The number of piperidine rings is 1. The molecule has 2 saturated heterocycles. The summed E-state index contributed by atoms with van der Waals surface area (Å²) in [6.07, 6.45) is 3.61. The highest BCUT2D eigenvalue weighted by atomic mass is 35.5. The van der Waals surface area contributed by atoms with Crippen LogP contribution < -0.4 is 10.2 Å². The van der Waals surface area contributed by atoms with Crippen LogP contribution in [0.1, 0.15) is 45.7 Å².